The molecule has 6 heteroatoms. The molecule has 0 fully saturated rings. The second kappa shape index (κ2) is 4.09. The van der Waals surface area contributed by atoms with Crippen molar-refractivity contribution in [3.05, 3.63) is 41.2 Å². The molecule has 0 amide bonds. The van der Waals surface area contributed by atoms with Crippen molar-refractivity contribution >= 4 is 22.8 Å². The molecule has 0 aliphatic carbocycles. The number of H-pyrrole nitrogens is 1. The molecule has 1 N–H and O–H groups in total. The van der Waals surface area contributed by atoms with Crippen LogP contribution in [0.4, 0.5) is 0 Å². The summed E-state index contributed by atoms with van der Waals surface area (Å²) < 4.78 is 0. The zero-order chi connectivity index (χ0) is 12.5. The van der Waals surface area contributed by atoms with Gasteiger partial charge in [0.25, 0.3) is 0 Å². The number of aromatic amines is 1. The summed E-state index contributed by atoms with van der Waals surface area (Å²) in [4.78, 5) is 15.6. The molecule has 0 bridgehead atoms. The second-order valence-corrected chi connectivity index (χ2v) is 4.05. The first-order valence-corrected chi connectivity index (χ1v) is 5.52. The Morgan fingerprint density at radius 1 is 1.22 bits per heavy atom. The lowest BCUT2D eigenvalue weighted by Crippen LogP contribution is -1.84. The van der Waals surface area contributed by atoms with Crippen LogP contribution in [0.5, 0.6) is 0 Å². The smallest absolute Gasteiger partial charge is 0.179 e. The van der Waals surface area contributed by atoms with Crippen molar-refractivity contribution in [2.45, 2.75) is 0 Å². The van der Waals surface area contributed by atoms with Crippen LogP contribution in [0.2, 0.25) is 5.02 Å². The van der Waals surface area contributed by atoms with Gasteiger partial charge in [-0.3, -0.25) is 4.98 Å². The first-order valence-electron chi connectivity index (χ1n) is 5.14. The minimum atomic E-state index is 0.501. The fourth-order valence-corrected chi connectivity index (χ4v) is 1.75. The van der Waals surface area contributed by atoms with E-state index in [1.54, 1.807) is 30.6 Å². The number of pyridine rings is 2. The van der Waals surface area contributed by atoms with Gasteiger partial charge in [-0.2, -0.15) is 5.26 Å². The maximum atomic E-state index is 8.99. The van der Waals surface area contributed by atoms with Crippen LogP contribution >= 0.6 is 11.6 Å². The van der Waals surface area contributed by atoms with E-state index in [9.17, 15) is 0 Å². The third kappa shape index (κ3) is 1.69. The van der Waals surface area contributed by atoms with E-state index in [0.717, 1.165) is 0 Å². The summed E-state index contributed by atoms with van der Waals surface area (Å²) in [6.07, 6.45) is 3.10. The van der Waals surface area contributed by atoms with Crippen LogP contribution in [-0.2, 0) is 0 Å². The maximum absolute atomic E-state index is 8.99. The third-order valence-electron chi connectivity index (χ3n) is 2.48. The SMILES string of the molecule is N#Cc1ccnc2nc(-c3ccc(Cl)cn3)[nH]c12. The lowest BCUT2D eigenvalue weighted by Gasteiger charge is -1.94. The molecule has 3 rings (SSSR count). The van der Waals surface area contributed by atoms with Gasteiger partial charge in [0.2, 0.25) is 0 Å². The Labute approximate surface area is 107 Å². The van der Waals surface area contributed by atoms with Crippen molar-refractivity contribution < 1.29 is 0 Å². The number of imidazole rings is 1. The largest absolute Gasteiger partial charge is 0.334 e. The molecule has 86 valence electrons. The van der Waals surface area contributed by atoms with Gasteiger partial charge in [0, 0.05) is 12.4 Å². The average molecular weight is 256 g/mol. The van der Waals surface area contributed by atoms with E-state index < -0.39 is 0 Å². The molecule has 18 heavy (non-hydrogen) atoms. The molecular weight excluding hydrogens is 250 g/mol. The Hall–Kier alpha value is -2.45. The highest BCUT2D eigenvalue weighted by atomic mass is 35.5. The van der Waals surface area contributed by atoms with Crippen molar-refractivity contribution in [3.63, 3.8) is 0 Å². The summed E-state index contributed by atoms with van der Waals surface area (Å²) in [6.45, 7) is 0. The van der Waals surface area contributed by atoms with Crippen molar-refractivity contribution in [2.75, 3.05) is 0 Å². The Kier molecular flexibility index (Phi) is 2.43. The van der Waals surface area contributed by atoms with Gasteiger partial charge in [-0.25, -0.2) is 9.97 Å². The number of nitriles is 1. The number of halogens is 1. The number of nitrogens with zero attached hydrogens (tertiary/aromatic N) is 4. The maximum Gasteiger partial charge on any atom is 0.179 e. The van der Waals surface area contributed by atoms with Crippen LogP contribution in [0.15, 0.2) is 30.6 Å². The molecule has 0 radical (unpaired) electrons. The van der Waals surface area contributed by atoms with E-state index in [-0.39, 0.29) is 0 Å². The zero-order valence-electron chi connectivity index (χ0n) is 9.05. The molecule has 0 saturated carbocycles. The van der Waals surface area contributed by atoms with Crippen molar-refractivity contribution in [1.82, 2.24) is 19.9 Å². The second-order valence-electron chi connectivity index (χ2n) is 3.62. The molecule has 0 aromatic carbocycles. The molecule has 0 spiro atoms. The first-order chi connectivity index (χ1) is 8.78. The van der Waals surface area contributed by atoms with Crippen LogP contribution < -0.4 is 0 Å². The molecule has 3 aromatic heterocycles. The number of fused-ring (bicyclic) bond motifs is 1. The van der Waals surface area contributed by atoms with E-state index in [1.807, 2.05) is 0 Å². The summed E-state index contributed by atoms with van der Waals surface area (Å²) in [6, 6.07) is 7.22. The Bertz CT molecular complexity index is 754. The monoisotopic (exact) mass is 255 g/mol. The number of aromatic nitrogens is 4. The van der Waals surface area contributed by atoms with E-state index in [0.29, 0.717) is 33.3 Å². The average Bonchev–Trinajstić information content (AvgIpc) is 2.83. The Morgan fingerprint density at radius 3 is 2.83 bits per heavy atom. The number of nitrogens with one attached hydrogen (secondary N) is 1. The molecule has 5 nitrogen and oxygen atoms in total. The minimum Gasteiger partial charge on any atom is -0.334 e. The van der Waals surface area contributed by atoms with Gasteiger partial charge in [-0.1, -0.05) is 11.6 Å². The summed E-state index contributed by atoms with van der Waals surface area (Å²) in [7, 11) is 0. The normalized spacial score (nSPS) is 10.4. The Morgan fingerprint density at radius 2 is 2.11 bits per heavy atom. The van der Waals surface area contributed by atoms with E-state index in [4.69, 9.17) is 16.9 Å². The molecule has 0 unspecified atom stereocenters. The summed E-state index contributed by atoms with van der Waals surface area (Å²) in [5.41, 5.74) is 2.28. The van der Waals surface area contributed by atoms with Crippen LogP contribution in [0.1, 0.15) is 5.56 Å². The first kappa shape index (κ1) is 10.7. The standard InChI is InChI=1S/C12H6ClN5/c13-8-1-2-9(16-6-8)11-17-10-7(5-14)3-4-15-12(10)18-11/h1-4,6H,(H,15,17,18). The molecular formula is C12H6ClN5. The third-order valence-corrected chi connectivity index (χ3v) is 2.71. The van der Waals surface area contributed by atoms with Crippen LogP contribution in [0.25, 0.3) is 22.7 Å². The predicted octanol–water partition coefficient (Wildman–Crippen LogP) is 2.54. The van der Waals surface area contributed by atoms with Crippen molar-refractivity contribution in [3.8, 4) is 17.6 Å². The zero-order valence-corrected chi connectivity index (χ0v) is 9.81. The van der Waals surface area contributed by atoms with Gasteiger partial charge in [0.1, 0.15) is 17.3 Å². The number of rotatable bonds is 1. The van der Waals surface area contributed by atoms with Gasteiger partial charge < -0.3 is 4.98 Å². The predicted molar refractivity (Wildman–Crippen MR) is 66.8 cm³/mol. The number of hydrogen-bond acceptors (Lipinski definition) is 4. The molecule has 3 aromatic rings. The Balaban J connectivity index is 2.20. The van der Waals surface area contributed by atoms with Gasteiger partial charge in [0.15, 0.2) is 11.5 Å². The van der Waals surface area contributed by atoms with E-state index >= 15 is 0 Å². The lowest BCUT2D eigenvalue weighted by atomic mass is 10.3. The molecule has 0 atom stereocenters. The summed E-state index contributed by atoms with van der Waals surface area (Å²) >= 11 is 5.78. The fraction of sp³-hybridized carbons (Fsp3) is 0. The molecule has 0 aliphatic rings. The van der Waals surface area contributed by atoms with Crippen molar-refractivity contribution in [1.29, 1.82) is 5.26 Å². The highest BCUT2D eigenvalue weighted by Crippen LogP contribution is 2.20. The fourth-order valence-electron chi connectivity index (χ4n) is 1.64. The number of hydrogen-bond donors (Lipinski definition) is 1. The van der Waals surface area contributed by atoms with Gasteiger partial charge in [-0.15, -0.1) is 0 Å². The van der Waals surface area contributed by atoms with Crippen LogP contribution in [0.3, 0.4) is 0 Å². The van der Waals surface area contributed by atoms with E-state index in [1.165, 1.54) is 0 Å². The van der Waals surface area contributed by atoms with Gasteiger partial charge in [0.05, 0.1) is 10.6 Å². The van der Waals surface area contributed by atoms with Gasteiger partial charge in [-0.05, 0) is 18.2 Å². The topological polar surface area (TPSA) is 78.2 Å². The highest BCUT2D eigenvalue weighted by Gasteiger charge is 2.10. The van der Waals surface area contributed by atoms with Crippen molar-refractivity contribution in [2.24, 2.45) is 0 Å². The van der Waals surface area contributed by atoms with Gasteiger partial charge >= 0.3 is 0 Å². The molecule has 3 heterocycles. The van der Waals surface area contributed by atoms with E-state index in [2.05, 4.69) is 26.0 Å². The molecule has 0 saturated heterocycles. The quantitative estimate of drug-likeness (QED) is 0.725. The summed E-state index contributed by atoms with van der Waals surface area (Å²) in [5.74, 6) is 0.567. The summed E-state index contributed by atoms with van der Waals surface area (Å²) in [5, 5.41) is 9.55. The lowest BCUT2D eigenvalue weighted by molar-refractivity contribution is 1.23. The van der Waals surface area contributed by atoms with Crippen LogP contribution in [-0.4, -0.2) is 19.9 Å². The van der Waals surface area contributed by atoms with Crippen LogP contribution in [0, 0.1) is 11.3 Å². The highest BCUT2D eigenvalue weighted by molar-refractivity contribution is 6.30. The minimum absolute atomic E-state index is 0.501. The molecule has 0 aliphatic heterocycles.